The first-order valence-electron chi connectivity index (χ1n) is 7.31. The van der Waals surface area contributed by atoms with Crippen LogP contribution >= 0.6 is 0 Å². The van der Waals surface area contributed by atoms with E-state index in [0.29, 0.717) is 23.7 Å². The number of ketones is 1. The molecule has 0 aromatic carbocycles. The summed E-state index contributed by atoms with van der Waals surface area (Å²) in [5.74, 6) is 1.17. The van der Waals surface area contributed by atoms with E-state index in [0.717, 1.165) is 25.3 Å². The van der Waals surface area contributed by atoms with Gasteiger partial charge in [0.2, 0.25) is 5.78 Å². The lowest BCUT2D eigenvalue weighted by Gasteiger charge is -2.17. The average molecular weight is 296 g/mol. The Bertz CT molecular complexity index is 688. The Labute approximate surface area is 129 Å². The monoisotopic (exact) mass is 296 g/mol. The van der Waals surface area contributed by atoms with Crippen molar-refractivity contribution < 1.29 is 4.79 Å². The van der Waals surface area contributed by atoms with Crippen molar-refractivity contribution in [3.05, 3.63) is 47.8 Å². The van der Waals surface area contributed by atoms with Crippen LogP contribution in [0.5, 0.6) is 0 Å². The molecule has 0 spiro atoms. The van der Waals surface area contributed by atoms with Gasteiger partial charge in [-0.15, -0.1) is 0 Å². The van der Waals surface area contributed by atoms with Gasteiger partial charge < -0.3 is 10.6 Å². The highest BCUT2D eigenvalue weighted by Crippen LogP contribution is 2.22. The van der Waals surface area contributed by atoms with Gasteiger partial charge in [-0.3, -0.25) is 10.5 Å². The van der Waals surface area contributed by atoms with Gasteiger partial charge in [0.05, 0.1) is 5.56 Å². The second-order valence-electron chi connectivity index (χ2n) is 5.45. The Kier molecular flexibility index (Phi) is 4.02. The third kappa shape index (κ3) is 2.78. The first kappa shape index (κ1) is 14.5. The summed E-state index contributed by atoms with van der Waals surface area (Å²) in [5.41, 5.74) is 14.0. The van der Waals surface area contributed by atoms with E-state index in [1.807, 2.05) is 12.1 Å². The smallest absolute Gasteiger partial charge is 0.215 e. The van der Waals surface area contributed by atoms with Gasteiger partial charge in [0, 0.05) is 25.8 Å². The van der Waals surface area contributed by atoms with Gasteiger partial charge in [0.1, 0.15) is 17.3 Å². The maximum atomic E-state index is 12.5. The molecule has 1 aliphatic heterocycles. The molecule has 1 fully saturated rings. The van der Waals surface area contributed by atoms with E-state index >= 15 is 0 Å². The van der Waals surface area contributed by atoms with Gasteiger partial charge in [0.15, 0.2) is 0 Å². The Balaban J connectivity index is 1.85. The predicted molar refractivity (Wildman–Crippen MR) is 84.6 cm³/mol. The third-order valence-electron chi connectivity index (χ3n) is 3.95. The Morgan fingerprint density at radius 1 is 1.36 bits per heavy atom. The van der Waals surface area contributed by atoms with Crippen LogP contribution in [-0.2, 0) is 0 Å². The number of nitrogen functional groups attached to an aromatic ring is 1. The van der Waals surface area contributed by atoms with E-state index in [1.54, 1.807) is 24.4 Å². The second kappa shape index (κ2) is 6.11. The lowest BCUT2D eigenvalue weighted by Crippen LogP contribution is -2.22. The van der Waals surface area contributed by atoms with Crippen LogP contribution in [-0.4, -0.2) is 35.4 Å². The summed E-state index contributed by atoms with van der Waals surface area (Å²) in [6.07, 6.45) is 2.56. The molecule has 2 aromatic heterocycles. The molecule has 1 atom stereocenters. The van der Waals surface area contributed by atoms with Crippen LogP contribution in [0.4, 0.5) is 11.6 Å². The van der Waals surface area contributed by atoms with Crippen LogP contribution in [0.2, 0.25) is 0 Å². The number of hydrogen-bond acceptors (Lipinski definition) is 5. The lowest BCUT2D eigenvalue weighted by atomic mass is 10.1. The van der Waals surface area contributed by atoms with Crippen LogP contribution in [0.25, 0.3) is 0 Å². The zero-order chi connectivity index (χ0) is 15.5. The minimum Gasteiger partial charge on any atom is -0.383 e. The largest absolute Gasteiger partial charge is 0.383 e. The Morgan fingerprint density at radius 3 is 2.95 bits per heavy atom. The predicted octanol–water partition coefficient (Wildman–Crippen LogP) is 1.40. The van der Waals surface area contributed by atoms with E-state index in [9.17, 15) is 4.79 Å². The summed E-state index contributed by atoms with van der Waals surface area (Å²) < 4.78 is 0. The van der Waals surface area contributed by atoms with Gasteiger partial charge in [-0.25, -0.2) is 9.97 Å². The quantitative estimate of drug-likeness (QED) is 0.860. The summed E-state index contributed by atoms with van der Waals surface area (Å²) in [6.45, 7) is 2.13. The molecule has 113 valence electrons. The summed E-state index contributed by atoms with van der Waals surface area (Å²) in [6, 6.07) is 8.76. The molecule has 3 N–H and O–H groups in total. The zero-order valence-corrected chi connectivity index (χ0v) is 12.2. The number of nitrogens with two attached hydrogens (primary N) is 1. The molecule has 1 unspecified atom stereocenters. The van der Waals surface area contributed by atoms with Gasteiger partial charge in [-0.05, 0) is 36.6 Å². The molecule has 6 nitrogen and oxygen atoms in total. The molecule has 1 radical (unpaired) electrons. The molecule has 22 heavy (non-hydrogen) atoms. The number of anilines is 2. The standard InChI is InChI=1S/C16H18N5O/c17-9-11-6-8-21(10-11)14-5-1-4-13(20-14)15(22)12-3-2-7-19-16(12)18/h1-5,7,11,17H,6,8-10H2,(H2,18,19). The Hall–Kier alpha value is -2.47. The van der Waals surface area contributed by atoms with Crippen LogP contribution < -0.4 is 16.4 Å². The summed E-state index contributed by atoms with van der Waals surface area (Å²) in [4.78, 5) is 23.1. The van der Waals surface area contributed by atoms with E-state index in [4.69, 9.17) is 11.5 Å². The van der Waals surface area contributed by atoms with Crippen molar-refractivity contribution in [1.29, 1.82) is 0 Å². The SMILES string of the molecule is [NH]CC1CCN(c2cccc(C(=O)c3cccnc3N)n2)C1. The fourth-order valence-corrected chi connectivity index (χ4v) is 2.68. The van der Waals surface area contributed by atoms with Crippen molar-refractivity contribution >= 4 is 17.4 Å². The molecule has 3 heterocycles. The number of nitrogens with one attached hydrogen (secondary N) is 1. The summed E-state index contributed by atoms with van der Waals surface area (Å²) in [5, 5.41) is 0. The van der Waals surface area contributed by atoms with Crippen LogP contribution in [0.3, 0.4) is 0 Å². The second-order valence-corrected chi connectivity index (χ2v) is 5.45. The molecule has 1 aliphatic rings. The first-order valence-corrected chi connectivity index (χ1v) is 7.31. The van der Waals surface area contributed by atoms with Gasteiger partial charge >= 0.3 is 0 Å². The molecule has 0 bridgehead atoms. The number of nitrogens with zero attached hydrogens (tertiary/aromatic N) is 3. The molecule has 0 amide bonds. The molecule has 6 heteroatoms. The fraction of sp³-hybridized carbons (Fsp3) is 0.312. The normalized spacial score (nSPS) is 17.7. The van der Waals surface area contributed by atoms with Gasteiger partial charge in [-0.2, -0.15) is 0 Å². The topological polar surface area (TPSA) is 95.9 Å². The maximum Gasteiger partial charge on any atom is 0.215 e. The van der Waals surface area contributed by atoms with Crippen molar-refractivity contribution in [3.63, 3.8) is 0 Å². The highest BCUT2D eigenvalue weighted by molar-refractivity contribution is 6.10. The highest BCUT2D eigenvalue weighted by atomic mass is 16.1. The van der Waals surface area contributed by atoms with E-state index in [2.05, 4.69) is 14.9 Å². The van der Waals surface area contributed by atoms with Crippen molar-refractivity contribution in [2.75, 3.05) is 30.3 Å². The Morgan fingerprint density at radius 2 is 2.23 bits per heavy atom. The summed E-state index contributed by atoms with van der Waals surface area (Å²) in [7, 11) is 0. The van der Waals surface area contributed by atoms with Crippen LogP contribution in [0.1, 0.15) is 22.5 Å². The molecule has 0 aliphatic carbocycles. The molecular weight excluding hydrogens is 278 g/mol. The minimum atomic E-state index is -0.219. The highest BCUT2D eigenvalue weighted by Gasteiger charge is 2.23. The summed E-state index contributed by atoms with van der Waals surface area (Å²) >= 11 is 0. The van der Waals surface area contributed by atoms with Gasteiger partial charge in [-0.1, -0.05) is 6.07 Å². The van der Waals surface area contributed by atoms with Crippen molar-refractivity contribution in [2.45, 2.75) is 6.42 Å². The van der Waals surface area contributed by atoms with Crippen LogP contribution in [0, 0.1) is 5.92 Å². The van der Waals surface area contributed by atoms with Crippen LogP contribution in [0.15, 0.2) is 36.5 Å². The molecule has 2 aromatic rings. The maximum absolute atomic E-state index is 12.5. The van der Waals surface area contributed by atoms with E-state index in [-0.39, 0.29) is 11.6 Å². The third-order valence-corrected chi connectivity index (χ3v) is 3.95. The zero-order valence-electron chi connectivity index (χ0n) is 12.2. The number of rotatable bonds is 4. The molecule has 3 rings (SSSR count). The van der Waals surface area contributed by atoms with E-state index in [1.165, 1.54) is 0 Å². The number of carbonyl (C=O) groups is 1. The van der Waals surface area contributed by atoms with Crippen molar-refractivity contribution in [1.82, 2.24) is 15.7 Å². The lowest BCUT2D eigenvalue weighted by molar-refractivity contribution is 0.103. The number of carbonyl (C=O) groups excluding carboxylic acids is 1. The minimum absolute atomic E-state index is 0.218. The molecule has 1 saturated heterocycles. The number of hydrogen-bond donors (Lipinski definition) is 1. The van der Waals surface area contributed by atoms with Crippen molar-refractivity contribution in [3.8, 4) is 0 Å². The number of pyridine rings is 2. The fourth-order valence-electron chi connectivity index (χ4n) is 2.68. The first-order chi connectivity index (χ1) is 10.7. The molecular formula is C16H18N5O. The van der Waals surface area contributed by atoms with Gasteiger partial charge in [0.25, 0.3) is 0 Å². The average Bonchev–Trinajstić information content (AvgIpc) is 3.04. The van der Waals surface area contributed by atoms with E-state index < -0.39 is 0 Å². The van der Waals surface area contributed by atoms with Crippen molar-refractivity contribution in [2.24, 2.45) is 5.92 Å². The molecule has 0 saturated carbocycles. The number of aromatic nitrogens is 2.